The van der Waals surface area contributed by atoms with E-state index >= 15 is 0 Å². The molecule has 3 aromatic rings. The first-order valence-electron chi connectivity index (χ1n) is 8.89. The lowest BCUT2D eigenvalue weighted by molar-refractivity contribution is -0.131. The minimum Gasteiger partial charge on any atom is -0.427 e. The summed E-state index contributed by atoms with van der Waals surface area (Å²) in [5, 5.41) is 0. The minimum atomic E-state index is -0.351. The molecule has 1 unspecified atom stereocenters. The molecule has 3 aromatic carbocycles. The Bertz CT molecular complexity index is 1010. The molecule has 1 atom stereocenters. The molecular weight excluding hydrogens is 351 g/mol. The van der Waals surface area contributed by atoms with Crippen LogP contribution in [-0.4, -0.2) is 5.97 Å². The Hall–Kier alpha value is -3.64. The van der Waals surface area contributed by atoms with E-state index in [1.807, 2.05) is 54.6 Å². The van der Waals surface area contributed by atoms with Crippen LogP contribution in [0.4, 0.5) is 4.39 Å². The van der Waals surface area contributed by atoms with Gasteiger partial charge in [-0.05, 0) is 47.5 Å². The molecule has 0 radical (unpaired) electrons. The number of esters is 1. The van der Waals surface area contributed by atoms with E-state index in [0.717, 1.165) is 16.7 Å². The zero-order valence-electron chi connectivity index (χ0n) is 15.4. The van der Waals surface area contributed by atoms with Gasteiger partial charge in [0.15, 0.2) is 0 Å². The summed E-state index contributed by atoms with van der Waals surface area (Å²) in [6.45, 7) is 1.37. The van der Waals surface area contributed by atoms with Gasteiger partial charge in [-0.2, -0.15) is 0 Å². The lowest BCUT2D eigenvalue weighted by Gasteiger charge is -2.07. The summed E-state index contributed by atoms with van der Waals surface area (Å²) in [6.07, 6.45) is 3.93. The average Bonchev–Trinajstić information content (AvgIpc) is 2.70. The number of hydrogen-bond acceptors (Lipinski definition) is 2. The second-order valence-electron chi connectivity index (χ2n) is 6.19. The fraction of sp³-hybridized carbons (Fsp3) is 0.0800. The summed E-state index contributed by atoms with van der Waals surface area (Å²) in [5.74, 6) is 6.11. The van der Waals surface area contributed by atoms with E-state index in [1.54, 1.807) is 24.3 Å². The highest BCUT2D eigenvalue weighted by atomic mass is 19.1. The largest absolute Gasteiger partial charge is 0.427 e. The lowest BCUT2D eigenvalue weighted by Crippen LogP contribution is -2.00. The van der Waals surface area contributed by atoms with Crippen molar-refractivity contribution in [3.63, 3.8) is 0 Å². The number of allylic oxidation sites excluding steroid dienone is 1. The van der Waals surface area contributed by atoms with Crippen LogP contribution in [0, 0.1) is 17.7 Å². The Morgan fingerprint density at radius 2 is 1.64 bits per heavy atom. The molecule has 3 heteroatoms. The molecule has 0 N–H and O–H groups in total. The fourth-order valence-corrected chi connectivity index (χ4v) is 2.62. The smallest absolute Gasteiger partial charge is 0.308 e. The number of benzene rings is 3. The van der Waals surface area contributed by atoms with Crippen molar-refractivity contribution in [1.29, 1.82) is 0 Å². The van der Waals surface area contributed by atoms with Gasteiger partial charge < -0.3 is 4.74 Å². The van der Waals surface area contributed by atoms with Crippen LogP contribution in [0.15, 0.2) is 84.9 Å². The molecule has 2 nitrogen and oxygen atoms in total. The van der Waals surface area contributed by atoms with Crippen molar-refractivity contribution < 1.29 is 13.9 Å². The Labute approximate surface area is 164 Å². The molecule has 0 heterocycles. The van der Waals surface area contributed by atoms with E-state index in [2.05, 4.69) is 11.8 Å². The summed E-state index contributed by atoms with van der Waals surface area (Å²) in [5.41, 5.74) is 2.79. The minimum absolute atomic E-state index is 0.186. The van der Waals surface area contributed by atoms with E-state index < -0.39 is 0 Å². The Kier molecular flexibility index (Phi) is 6.38. The van der Waals surface area contributed by atoms with Crippen LogP contribution < -0.4 is 4.74 Å². The molecule has 0 aromatic heterocycles. The molecule has 0 amide bonds. The highest BCUT2D eigenvalue weighted by Crippen LogP contribution is 2.20. The van der Waals surface area contributed by atoms with E-state index in [9.17, 15) is 9.18 Å². The topological polar surface area (TPSA) is 26.3 Å². The van der Waals surface area contributed by atoms with Gasteiger partial charge in [0.2, 0.25) is 0 Å². The quantitative estimate of drug-likeness (QED) is 0.339. The van der Waals surface area contributed by atoms with E-state index in [0.29, 0.717) is 5.75 Å². The monoisotopic (exact) mass is 370 g/mol. The predicted octanol–water partition coefficient (Wildman–Crippen LogP) is 5.60. The van der Waals surface area contributed by atoms with Gasteiger partial charge >= 0.3 is 5.97 Å². The van der Waals surface area contributed by atoms with Gasteiger partial charge in [-0.25, -0.2) is 4.39 Å². The van der Waals surface area contributed by atoms with E-state index in [4.69, 9.17) is 4.74 Å². The molecule has 0 aliphatic carbocycles. The van der Waals surface area contributed by atoms with Gasteiger partial charge in [0.25, 0.3) is 0 Å². The van der Waals surface area contributed by atoms with Crippen molar-refractivity contribution in [2.24, 2.45) is 0 Å². The highest BCUT2D eigenvalue weighted by molar-refractivity contribution is 5.69. The third-order valence-corrected chi connectivity index (χ3v) is 4.00. The summed E-state index contributed by atoms with van der Waals surface area (Å²) in [7, 11) is 0. The average molecular weight is 370 g/mol. The fourth-order valence-electron chi connectivity index (χ4n) is 2.62. The van der Waals surface area contributed by atoms with Crippen LogP contribution >= 0.6 is 0 Å². The zero-order chi connectivity index (χ0) is 19.8. The molecule has 3 rings (SSSR count). The van der Waals surface area contributed by atoms with Crippen molar-refractivity contribution in [2.45, 2.75) is 12.8 Å². The van der Waals surface area contributed by atoms with Crippen molar-refractivity contribution >= 4 is 12.0 Å². The highest BCUT2D eigenvalue weighted by Gasteiger charge is 2.05. The lowest BCUT2D eigenvalue weighted by atomic mass is 9.97. The molecule has 0 bridgehead atoms. The molecule has 0 fully saturated rings. The molecule has 0 saturated carbocycles. The van der Waals surface area contributed by atoms with Crippen LogP contribution in [-0.2, 0) is 4.79 Å². The Balaban J connectivity index is 1.84. The number of halogens is 1. The molecular formula is C25H19FO2. The Morgan fingerprint density at radius 1 is 0.964 bits per heavy atom. The molecule has 0 aliphatic heterocycles. The van der Waals surface area contributed by atoms with Crippen molar-refractivity contribution in [2.75, 3.05) is 0 Å². The van der Waals surface area contributed by atoms with Crippen molar-refractivity contribution in [3.05, 3.63) is 107 Å². The first-order valence-corrected chi connectivity index (χ1v) is 8.89. The van der Waals surface area contributed by atoms with Gasteiger partial charge in [0, 0.05) is 12.5 Å². The maximum absolute atomic E-state index is 13.3. The first kappa shape index (κ1) is 19.1. The predicted molar refractivity (Wildman–Crippen MR) is 109 cm³/mol. The summed E-state index contributed by atoms with van der Waals surface area (Å²) >= 11 is 0. The van der Waals surface area contributed by atoms with Gasteiger partial charge in [-0.3, -0.25) is 4.79 Å². The number of rotatable bonds is 4. The molecule has 138 valence electrons. The van der Waals surface area contributed by atoms with Crippen LogP contribution in [0.5, 0.6) is 5.75 Å². The van der Waals surface area contributed by atoms with E-state index in [-0.39, 0.29) is 17.7 Å². The molecule has 0 saturated heterocycles. The maximum Gasteiger partial charge on any atom is 0.308 e. The number of hydrogen-bond donors (Lipinski definition) is 0. The summed E-state index contributed by atoms with van der Waals surface area (Å²) < 4.78 is 18.3. The molecule has 0 aliphatic rings. The zero-order valence-corrected chi connectivity index (χ0v) is 15.4. The third-order valence-electron chi connectivity index (χ3n) is 4.00. The number of ether oxygens (including phenoxy) is 1. The van der Waals surface area contributed by atoms with Crippen molar-refractivity contribution in [3.8, 4) is 17.6 Å². The Morgan fingerprint density at radius 3 is 2.29 bits per heavy atom. The van der Waals surface area contributed by atoms with Crippen LogP contribution in [0.2, 0.25) is 0 Å². The van der Waals surface area contributed by atoms with Gasteiger partial charge in [0.1, 0.15) is 11.6 Å². The molecule has 28 heavy (non-hydrogen) atoms. The van der Waals surface area contributed by atoms with Gasteiger partial charge in [-0.15, -0.1) is 0 Å². The van der Waals surface area contributed by atoms with Crippen LogP contribution in [0.3, 0.4) is 0 Å². The normalized spacial score (nSPS) is 11.5. The summed E-state index contributed by atoms with van der Waals surface area (Å²) in [4.78, 5) is 11.0. The number of carbonyl (C=O) groups excluding carboxylic acids is 1. The molecule has 0 spiro atoms. The van der Waals surface area contributed by atoms with E-state index in [1.165, 1.54) is 19.1 Å². The standard InChI is InChI=1S/C25H19FO2/c1-19(27)28-25-17-9-21(10-18-25)8-12-22(23-13-15-24(26)16-14-23)11-7-20-5-3-2-4-6-20/h2-6,8-10,12-18,22H,1H3/b12-8+. The van der Waals surface area contributed by atoms with Crippen LogP contribution in [0.1, 0.15) is 29.5 Å². The number of carbonyl (C=O) groups is 1. The van der Waals surface area contributed by atoms with Gasteiger partial charge in [-0.1, -0.05) is 66.5 Å². The van der Waals surface area contributed by atoms with Gasteiger partial charge in [0.05, 0.1) is 5.92 Å². The summed E-state index contributed by atoms with van der Waals surface area (Å²) in [6, 6.07) is 23.3. The second-order valence-corrected chi connectivity index (χ2v) is 6.19. The SMILES string of the molecule is CC(=O)Oc1ccc(/C=C/C(C#Cc2ccccc2)c2ccc(F)cc2)cc1. The maximum atomic E-state index is 13.3. The second kappa shape index (κ2) is 9.34. The van der Waals surface area contributed by atoms with Crippen LogP contribution in [0.25, 0.3) is 6.08 Å². The van der Waals surface area contributed by atoms with Crippen molar-refractivity contribution in [1.82, 2.24) is 0 Å². The third kappa shape index (κ3) is 5.69. The first-order chi connectivity index (χ1) is 13.6.